The van der Waals surface area contributed by atoms with Gasteiger partial charge in [0.25, 0.3) is 0 Å². The molecule has 82 valence electrons. The third kappa shape index (κ3) is 2.23. The summed E-state index contributed by atoms with van der Waals surface area (Å²) in [6, 6.07) is 5.34. The minimum absolute atomic E-state index is 0.0681. The lowest BCUT2D eigenvalue weighted by Gasteiger charge is -2.04. The van der Waals surface area contributed by atoms with Crippen LogP contribution in [0.1, 0.15) is 0 Å². The number of nitrogens with zero attached hydrogens (tertiary/aromatic N) is 3. The van der Waals surface area contributed by atoms with Gasteiger partial charge in [-0.15, -0.1) is 0 Å². The van der Waals surface area contributed by atoms with Crippen LogP contribution >= 0.6 is 27.5 Å². The number of anilines is 2. The Labute approximate surface area is 105 Å². The van der Waals surface area contributed by atoms with Gasteiger partial charge in [0.05, 0.1) is 5.02 Å². The molecule has 0 aliphatic heterocycles. The first-order valence-electron chi connectivity index (χ1n) is 4.28. The first-order chi connectivity index (χ1) is 7.56. The zero-order valence-electron chi connectivity index (χ0n) is 7.98. The average Bonchev–Trinajstić information content (AvgIpc) is 2.20. The van der Waals surface area contributed by atoms with Crippen LogP contribution < -0.4 is 11.5 Å². The zero-order chi connectivity index (χ0) is 11.7. The minimum Gasteiger partial charge on any atom is -0.368 e. The maximum absolute atomic E-state index is 6.03. The molecule has 0 atom stereocenters. The van der Waals surface area contributed by atoms with Gasteiger partial charge in [-0.1, -0.05) is 27.5 Å². The molecule has 7 heteroatoms. The van der Waals surface area contributed by atoms with Gasteiger partial charge in [0.15, 0.2) is 5.82 Å². The van der Waals surface area contributed by atoms with Crippen molar-refractivity contribution in [1.29, 1.82) is 0 Å². The highest BCUT2D eigenvalue weighted by Crippen LogP contribution is 2.28. The predicted octanol–water partition coefficient (Wildman–Crippen LogP) is 2.12. The van der Waals surface area contributed by atoms with Crippen LogP contribution in [0, 0.1) is 0 Å². The molecule has 5 nitrogen and oxygen atoms in total. The molecular weight excluding hydrogens is 293 g/mol. The standard InChI is InChI=1S/C9H7BrClN5/c10-4-1-2-6(11)5(3-4)7-14-8(12)16-9(13)15-7/h1-3H,(H4,12,13,14,15,16). The van der Waals surface area contributed by atoms with Crippen molar-refractivity contribution in [3.8, 4) is 11.4 Å². The van der Waals surface area contributed by atoms with Crippen LogP contribution in [0.5, 0.6) is 0 Å². The summed E-state index contributed by atoms with van der Waals surface area (Å²) in [5, 5.41) is 0.521. The van der Waals surface area contributed by atoms with Crippen molar-refractivity contribution in [2.24, 2.45) is 0 Å². The molecule has 0 radical (unpaired) electrons. The molecule has 0 aliphatic carbocycles. The second-order valence-corrected chi connectivity index (χ2v) is 4.32. The summed E-state index contributed by atoms with van der Waals surface area (Å²) >= 11 is 9.37. The summed E-state index contributed by atoms with van der Waals surface area (Å²) in [7, 11) is 0. The number of nitrogens with two attached hydrogens (primary N) is 2. The van der Waals surface area contributed by atoms with Gasteiger partial charge in [-0.25, -0.2) is 0 Å². The highest BCUT2D eigenvalue weighted by atomic mass is 79.9. The van der Waals surface area contributed by atoms with Gasteiger partial charge in [-0.3, -0.25) is 0 Å². The number of nitrogen functional groups attached to an aromatic ring is 2. The van der Waals surface area contributed by atoms with Crippen molar-refractivity contribution in [2.45, 2.75) is 0 Å². The Bertz CT molecular complexity index is 525. The Kier molecular flexibility index (Phi) is 2.93. The van der Waals surface area contributed by atoms with E-state index in [1.807, 2.05) is 6.07 Å². The minimum atomic E-state index is 0.0681. The van der Waals surface area contributed by atoms with Crippen LogP contribution in [0.4, 0.5) is 11.9 Å². The quantitative estimate of drug-likeness (QED) is 0.842. The molecule has 0 spiro atoms. The summed E-state index contributed by atoms with van der Waals surface area (Å²) in [6.45, 7) is 0. The molecule has 0 amide bonds. The molecular formula is C9H7BrClN5. The molecule has 0 saturated heterocycles. The number of hydrogen-bond donors (Lipinski definition) is 2. The van der Waals surface area contributed by atoms with E-state index in [0.29, 0.717) is 16.4 Å². The van der Waals surface area contributed by atoms with Crippen molar-refractivity contribution >= 4 is 39.4 Å². The topological polar surface area (TPSA) is 90.7 Å². The van der Waals surface area contributed by atoms with Crippen molar-refractivity contribution < 1.29 is 0 Å². The van der Waals surface area contributed by atoms with Gasteiger partial charge in [-0.05, 0) is 18.2 Å². The van der Waals surface area contributed by atoms with Crippen LogP contribution in [0.2, 0.25) is 5.02 Å². The van der Waals surface area contributed by atoms with Gasteiger partial charge >= 0.3 is 0 Å². The molecule has 0 unspecified atom stereocenters. The number of halogens is 2. The first-order valence-corrected chi connectivity index (χ1v) is 5.46. The van der Waals surface area contributed by atoms with Gasteiger partial charge < -0.3 is 11.5 Å². The Morgan fingerprint density at radius 2 is 1.69 bits per heavy atom. The maximum Gasteiger partial charge on any atom is 0.225 e. The van der Waals surface area contributed by atoms with E-state index < -0.39 is 0 Å². The largest absolute Gasteiger partial charge is 0.368 e. The normalized spacial score (nSPS) is 10.4. The van der Waals surface area contributed by atoms with Crippen LogP contribution in [-0.4, -0.2) is 15.0 Å². The molecule has 2 aromatic rings. The van der Waals surface area contributed by atoms with E-state index in [0.717, 1.165) is 4.47 Å². The second-order valence-electron chi connectivity index (χ2n) is 3.00. The molecule has 0 saturated carbocycles. The van der Waals surface area contributed by atoms with E-state index in [1.54, 1.807) is 12.1 Å². The van der Waals surface area contributed by atoms with Gasteiger partial charge in [0.2, 0.25) is 11.9 Å². The molecule has 1 aromatic carbocycles. The van der Waals surface area contributed by atoms with Crippen molar-refractivity contribution in [1.82, 2.24) is 15.0 Å². The van der Waals surface area contributed by atoms with Crippen molar-refractivity contribution in [3.63, 3.8) is 0 Å². The molecule has 1 aromatic heterocycles. The van der Waals surface area contributed by atoms with Crippen LogP contribution in [-0.2, 0) is 0 Å². The third-order valence-electron chi connectivity index (χ3n) is 1.84. The highest BCUT2D eigenvalue weighted by molar-refractivity contribution is 9.10. The average molecular weight is 301 g/mol. The summed E-state index contributed by atoms with van der Waals surface area (Å²) < 4.78 is 0.865. The Hall–Kier alpha value is -1.40. The number of aromatic nitrogens is 3. The Morgan fingerprint density at radius 3 is 2.31 bits per heavy atom. The highest BCUT2D eigenvalue weighted by Gasteiger charge is 2.09. The lowest BCUT2D eigenvalue weighted by Crippen LogP contribution is -2.04. The monoisotopic (exact) mass is 299 g/mol. The molecule has 1 heterocycles. The number of rotatable bonds is 1. The van der Waals surface area contributed by atoms with E-state index in [4.69, 9.17) is 23.1 Å². The van der Waals surface area contributed by atoms with E-state index in [2.05, 4.69) is 30.9 Å². The molecule has 2 rings (SSSR count). The van der Waals surface area contributed by atoms with Crippen LogP contribution in [0.3, 0.4) is 0 Å². The number of hydrogen-bond acceptors (Lipinski definition) is 5. The fraction of sp³-hybridized carbons (Fsp3) is 0. The Balaban J connectivity index is 2.62. The summed E-state index contributed by atoms with van der Waals surface area (Å²) in [5.41, 5.74) is 11.6. The van der Waals surface area contributed by atoms with Gasteiger partial charge in [0, 0.05) is 10.0 Å². The van der Waals surface area contributed by atoms with E-state index >= 15 is 0 Å². The lowest BCUT2D eigenvalue weighted by molar-refractivity contribution is 1.09. The molecule has 16 heavy (non-hydrogen) atoms. The fourth-order valence-electron chi connectivity index (χ4n) is 1.20. The van der Waals surface area contributed by atoms with Gasteiger partial charge in [0.1, 0.15) is 0 Å². The molecule has 0 aliphatic rings. The van der Waals surface area contributed by atoms with Gasteiger partial charge in [-0.2, -0.15) is 15.0 Å². The summed E-state index contributed by atoms with van der Waals surface area (Å²) in [4.78, 5) is 11.6. The summed E-state index contributed by atoms with van der Waals surface area (Å²) in [5.74, 6) is 0.494. The smallest absolute Gasteiger partial charge is 0.225 e. The second kappa shape index (κ2) is 4.23. The fourth-order valence-corrected chi connectivity index (χ4v) is 1.76. The zero-order valence-corrected chi connectivity index (χ0v) is 10.3. The summed E-state index contributed by atoms with van der Waals surface area (Å²) in [6.07, 6.45) is 0. The molecule has 0 fully saturated rings. The number of benzene rings is 1. The van der Waals surface area contributed by atoms with E-state index in [1.165, 1.54) is 0 Å². The third-order valence-corrected chi connectivity index (χ3v) is 2.66. The first kappa shape index (κ1) is 11.1. The van der Waals surface area contributed by atoms with Crippen molar-refractivity contribution in [2.75, 3.05) is 11.5 Å². The maximum atomic E-state index is 6.03. The lowest BCUT2D eigenvalue weighted by atomic mass is 10.2. The Morgan fingerprint density at radius 1 is 1.06 bits per heavy atom. The van der Waals surface area contributed by atoms with E-state index in [-0.39, 0.29) is 11.9 Å². The van der Waals surface area contributed by atoms with Crippen LogP contribution in [0.15, 0.2) is 22.7 Å². The molecule has 4 N–H and O–H groups in total. The predicted molar refractivity (Wildman–Crippen MR) is 66.8 cm³/mol. The SMILES string of the molecule is Nc1nc(N)nc(-c2cc(Br)ccc2Cl)n1. The van der Waals surface area contributed by atoms with E-state index in [9.17, 15) is 0 Å². The van der Waals surface area contributed by atoms with Crippen molar-refractivity contribution in [3.05, 3.63) is 27.7 Å². The molecule has 0 bridgehead atoms. The van der Waals surface area contributed by atoms with Crippen LogP contribution in [0.25, 0.3) is 11.4 Å².